The van der Waals surface area contributed by atoms with Crippen molar-refractivity contribution < 1.29 is 9.15 Å². The highest BCUT2D eigenvalue weighted by Crippen LogP contribution is 2.32. The van der Waals surface area contributed by atoms with Gasteiger partial charge in [0.1, 0.15) is 22.8 Å². The minimum Gasteiger partial charge on any atom is -0.457 e. The fraction of sp³-hybridized carbons (Fsp3) is 0.0400. The van der Waals surface area contributed by atoms with Crippen molar-refractivity contribution in [3.8, 4) is 29.0 Å². The second-order valence-electron chi connectivity index (χ2n) is 7.03. The van der Waals surface area contributed by atoms with Crippen LogP contribution in [0.1, 0.15) is 11.1 Å². The molecule has 0 unspecified atom stereocenters. The van der Waals surface area contributed by atoms with Gasteiger partial charge in [-0.1, -0.05) is 23.7 Å². The molecule has 0 N–H and O–H groups in total. The fourth-order valence-corrected chi connectivity index (χ4v) is 3.57. The average molecular weight is 411 g/mol. The molecule has 5 rings (SSSR count). The monoisotopic (exact) mass is 410 g/mol. The van der Waals surface area contributed by atoms with E-state index in [0.717, 1.165) is 33.1 Å². The van der Waals surface area contributed by atoms with Crippen LogP contribution in [-0.4, -0.2) is 4.98 Å². The molecule has 4 nitrogen and oxygen atoms in total. The summed E-state index contributed by atoms with van der Waals surface area (Å²) in [4.78, 5) is 4.68. The molecule has 0 saturated heterocycles. The summed E-state index contributed by atoms with van der Waals surface area (Å²) in [5, 5.41) is 11.7. The Kier molecular flexibility index (Phi) is 4.39. The van der Waals surface area contributed by atoms with Crippen LogP contribution in [0.2, 0.25) is 5.02 Å². The Morgan fingerprint density at radius 3 is 2.53 bits per heavy atom. The van der Waals surface area contributed by atoms with Crippen molar-refractivity contribution in [2.45, 2.75) is 6.92 Å². The molecule has 0 amide bonds. The maximum Gasteiger partial charge on any atom is 0.153 e. The summed E-state index contributed by atoms with van der Waals surface area (Å²) in [5.74, 6) is 2.05. The molecule has 0 aliphatic heterocycles. The summed E-state index contributed by atoms with van der Waals surface area (Å²) in [6.45, 7) is 1.89. The third-order valence-electron chi connectivity index (χ3n) is 4.95. The molecular weight excluding hydrogens is 396 g/mol. The lowest BCUT2D eigenvalue weighted by Crippen LogP contribution is -1.87. The predicted molar refractivity (Wildman–Crippen MR) is 118 cm³/mol. The third kappa shape index (κ3) is 3.36. The van der Waals surface area contributed by atoms with Gasteiger partial charge in [-0.05, 0) is 73.2 Å². The van der Waals surface area contributed by atoms with E-state index in [0.29, 0.717) is 27.8 Å². The molecule has 0 radical (unpaired) electrons. The van der Waals surface area contributed by atoms with Gasteiger partial charge in [-0.25, -0.2) is 4.98 Å². The van der Waals surface area contributed by atoms with Crippen LogP contribution in [0.4, 0.5) is 0 Å². The zero-order valence-electron chi connectivity index (χ0n) is 16.0. The topological polar surface area (TPSA) is 59.1 Å². The van der Waals surface area contributed by atoms with E-state index in [2.05, 4.69) is 11.1 Å². The highest BCUT2D eigenvalue weighted by atomic mass is 35.5. The summed E-state index contributed by atoms with van der Waals surface area (Å²) < 4.78 is 12.0. The van der Waals surface area contributed by atoms with Gasteiger partial charge in [0.2, 0.25) is 0 Å². The summed E-state index contributed by atoms with van der Waals surface area (Å²) >= 11 is 6.10. The highest BCUT2D eigenvalue weighted by Gasteiger charge is 2.10. The van der Waals surface area contributed by atoms with Crippen molar-refractivity contribution in [1.82, 2.24) is 4.98 Å². The maximum absolute atomic E-state index is 9.07. The van der Waals surface area contributed by atoms with Gasteiger partial charge >= 0.3 is 0 Å². The smallest absolute Gasteiger partial charge is 0.153 e. The second kappa shape index (κ2) is 7.22. The number of nitrogens with zero attached hydrogens (tertiary/aromatic N) is 2. The van der Waals surface area contributed by atoms with Crippen molar-refractivity contribution >= 4 is 33.5 Å². The van der Waals surface area contributed by atoms with E-state index in [1.807, 2.05) is 67.6 Å². The van der Waals surface area contributed by atoms with Gasteiger partial charge in [0.15, 0.2) is 5.76 Å². The van der Waals surface area contributed by atoms with Crippen LogP contribution in [0.3, 0.4) is 0 Å². The zero-order chi connectivity index (χ0) is 20.7. The number of nitriles is 1. The molecule has 3 aromatic carbocycles. The summed E-state index contributed by atoms with van der Waals surface area (Å²) in [6.07, 6.45) is 0. The minimum absolute atomic E-state index is 0.640. The molecule has 0 atom stereocenters. The maximum atomic E-state index is 9.07. The zero-order valence-corrected chi connectivity index (χ0v) is 16.8. The number of rotatable bonds is 3. The Labute approximate surface area is 177 Å². The largest absolute Gasteiger partial charge is 0.457 e. The minimum atomic E-state index is 0.640. The number of aryl methyl sites for hydroxylation is 1. The highest BCUT2D eigenvalue weighted by molar-refractivity contribution is 6.31. The summed E-state index contributed by atoms with van der Waals surface area (Å²) in [5.41, 5.74) is 3.83. The van der Waals surface area contributed by atoms with Crippen LogP contribution >= 0.6 is 11.6 Å². The number of hydrogen-bond donors (Lipinski definition) is 0. The van der Waals surface area contributed by atoms with Crippen LogP contribution in [0.5, 0.6) is 11.5 Å². The fourth-order valence-electron chi connectivity index (χ4n) is 3.40. The molecule has 0 saturated carbocycles. The van der Waals surface area contributed by atoms with Crippen molar-refractivity contribution in [2.24, 2.45) is 0 Å². The number of halogens is 1. The molecule has 30 heavy (non-hydrogen) atoms. The lowest BCUT2D eigenvalue weighted by atomic mass is 10.1. The average Bonchev–Trinajstić information content (AvgIpc) is 3.17. The molecule has 0 aliphatic carbocycles. The van der Waals surface area contributed by atoms with E-state index in [-0.39, 0.29) is 0 Å². The Morgan fingerprint density at radius 1 is 0.900 bits per heavy atom. The van der Waals surface area contributed by atoms with E-state index in [4.69, 9.17) is 26.0 Å². The number of fused-ring (bicyclic) bond motifs is 2. The molecule has 5 aromatic rings. The number of hydrogen-bond acceptors (Lipinski definition) is 4. The number of ether oxygens (including phenoxy) is 1. The molecule has 5 heteroatoms. The van der Waals surface area contributed by atoms with E-state index in [1.165, 1.54) is 0 Å². The Hall–Kier alpha value is -3.81. The molecule has 2 aromatic heterocycles. The first-order valence-corrected chi connectivity index (χ1v) is 9.76. The summed E-state index contributed by atoms with van der Waals surface area (Å²) in [6, 6.07) is 24.8. The SMILES string of the molecule is Cc1cc(Oc2ccc3oc(-c4ccc5ccc(Cl)cc5n4)cc3c2)ccc1C#N. The van der Waals surface area contributed by atoms with Gasteiger partial charge in [0, 0.05) is 15.8 Å². The van der Waals surface area contributed by atoms with Gasteiger partial charge in [-0.15, -0.1) is 0 Å². The Bertz CT molecular complexity index is 1460. The molecule has 2 heterocycles. The number of benzene rings is 3. The van der Waals surface area contributed by atoms with E-state index < -0.39 is 0 Å². The molecular formula is C25H15ClN2O2. The van der Waals surface area contributed by atoms with Gasteiger partial charge in [0.05, 0.1) is 17.1 Å². The number of pyridine rings is 1. The number of furan rings is 1. The van der Waals surface area contributed by atoms with Crippen LogP contribution in [0, 0.1) is 18.3 Å². The first kappa shape index (κ1) is 18.2. The van der Waals surface area contributed by atoms with E-state index in [9.17, 15) is 0 Å². The Balaban J connectivity index is 1.48. The van der Waals surface area contributed by atoms with Crippen LogP contribution in [0.25, 0.3) is 33.3 Å². The van der Waals surface area contributed by atoms with Crippen LogP contribution < -0.4 is 4.74 Å². The van der Waals surface area contributed by atoms with Gasteiger partial charge in [0.25, 0.3) is 0 Å². The lowest BCUT2D eigenvalue weighted by molar-refractivity contribution is 0.482. The molecule has 0 bridgehead atoms. The normalized spacial score (nSPS) is 11.0. The van der Waals surface area contributed by atoms with Crippen molar-refractivity contribution in [3.63, 3.8) is 0 Å². The van der Waals surface area contributed by atoms with Crippen LogP contribution in [-0.2, 0) is 0 Å². The first-order valence-electron chi connectivity index (χ1n) is 9.38. The van der Waals surface area contributed by atoms with Gasteiger partial charge in [-0.2, -0.15) is 5.26 Å². The van der Waals surface area contributed by atoms with E-state index >= 15 is 0 Å². The van der Waals surface area contributed by atoms with E-state index in [1.54, 1.807) is 12.1 Å². The first-order chi connectivity index (χ1) is 14.6. The standard InChI is InChI=1S/C25H15ClN2O2/c1-15-10-20(6-3-17(15)14-27)29-21-7-9-24-18(11-21)12-25(30-24)22-8-4-16-2-5-19(26)13-23(16)28-22/h2-13H,1H3. The van der Waals surface area contributed by atoms with Crippen LogP contribution in [0.15, 0.2) is 77.2 Å². The summed E-state index contributed by atoms with van der Waals surface area (Å²) in [7, 11) is 0. The molecule has 0 spiro atoms. The van der Waals surface area contributed by atoms with Crippen molar-refractivity contribution in [1.29, 1.82) is 5.26 Å². The van der Waals surface area contributed by atoms with Gasteiger partial charge in [-0.3, -0.25) is 0 Å². The quantitative estimate of drug-likeness (QED) is 0.313. The predicted octanol–water partition coefficient (Wildman–Crippen LogP) is 7.27. The second-order valence-corrected chi connectivity index (χ2v) is 7.47. The van der Waals surface area contributed by atoms with Gasteiger partial charge < -0.3 is 9.15 Å². The third-order valence-corrected chi connectivity index (χ3v) is 5.18. The van der Waals surface area contributed by atoms with Crippen molar-refractivity contribution in [2.75, 3.05) is 0 Å². The Morgan fingerprint density at radius 2 is 1.70 bits per heavy atom. The van der Waals surface area contributed by atoms with Crippen molar-refractivity contribution in [3.05, 3.63) is 88.9 Å². The molecule has 144 valence electrons. The number of aromatic nitrogens is 1. The lowest BCUT2D eigenvalue weighted by Gasteiger charge is -2.07. The molecule has 0 aliphatic rings. The molecule has 0 fully saturated rings.